The molecule has 0 heterocycles. The van der Waals surface area contributed by atoms with E-state index in [9.17, 15) is 0 Å². The lowest BCUT2D eigenvalue weighted by Crippen LogP contribution is -2.02. The van der Waals surface area contributed by atoms with Gasteiger partial charge in [0.1, 0.15) is 0 Å². The Labute approximate surface area is 81.9 Å². The van der Waals surface area contributed by atoms with Crippen LogP contribution in [0.3, 0.4) is 0 Å². The van der Waals surface area contributed by atoms with Gasteiger partial charge in [0, 0.05) is 0 Å². The lowest BCUT2D eigenvalue weighted by atomic mass is 9.91. The van der Waals surface area contributed by atoms with Crippen molar-refractivity contribution in [1.29, 1.82) is 0 Å². The number of aliphatic hydroxyl groups is 1. The third kappa shape index (κ3) is 3.15. The van der Waals surface area contributed by atoms with Crippen molar-refractivity contribution in [1.82, 2.24) is 0 Å². The van der Waals surface area contributed by atoms with Crippen LogP contribution in [0.2, 0.25) is 0 Å². The Hall–Kier alpha value is -0.300. The Morgan fingerprint density at radius 3 is 2.46 bits per heavy atom. The first-order valence-corrected chi connectivity index (χ1v) is 5.39. The minimum absolute atomic E-state index is 0.211. The summed E-state index contributed by atoms with van der Waals surface area (Å²) in [5.41, 5.74) is 1.95. The summed E-state index contributed by atoms with van der Waals surface area (Å²) >= 11 is 0. The summed E-state index contributed by atoms with van der Waals surface area (Å²) in [5, 5.41) is 8.92. The summed E-state index contributed by atoms with van der Waals surface area (Å²) in [6.07, 6.45) is 7.08. The maximum atomic E-state index is 8.92. The molecule has 1 fully saturated rings. The fourth-order valence-electron chi connectivity index (χ4n) is 1.71. The van der Waals surface area contributed by atoms with E-state index in [-0.39, 0.29) is 6.61 Å². The Balaban J connectivity index is 2.44. The first-order valence-electron chi connectivity index (χ1n) is 5.39. The minimum Gasteiger partial charge on any atom is -0.392 e. The summed E-state index contributed by atoms with van der Waals surface area (Å²) in [6, 6.07) is 0. The van der Waals surface area contributed by atoms with Gasteiger partial charge in [-0.25, -0.2) is 0 Å². The monoisotopic (exact) mass is 182 g/mol. The minimum atomic E-state index is 0.211. The van der Waals surface area contributed by atoms with Crippen LogP contribution in [0.5, 0.6) is 0 Å². The van der Waals surface area contributed by atoms with Crippen molar-refractivity contribution in [2.75, 3.05) is 6.61 Å². The van der Waals surface area contributed by atoms with Crippen LogP contribution in [0.1, 0.15) is 46.5 Å². The van der Waals surface area contributed by atoms with Crippen molar-refractivity contribution < 1.29 is 5.11 Å². The number of aliphatic hydroxyl groups excluding tert-OH is 1. The highest BCUT2D eigenvalue weighted by atomic mass is 16.2. The zero-order valence-corrected chi connectivity index (χ0v) is 9.14. The first-order chi connectivity index (χ1) is 6.08. The third-order valence-corrected chi connectivity index (χ3v) is 3.10. The second-order valence-corrected chi connectivity index (χ2v) is 4.91. The Bertz CT molecular complexity index is 187. The van der Waals surface area contributed by atoms with E-state index in [1.54, 1.807) is 0 Å². The predicted molar refractivity (Wildman–Crippen MR) is 56.6 cm³/mol. The van der Waals surface area contributed by atoms with Crippen molar-refractivity contribution in [3.8, 4) is 0 Å². The molecule has 76 valence electrons. The van der Waals surface area contributed by atoms with E-state index >= 15 is 0 Å². The quantitative estimate of drug-likeness (QED) is 0.648. The van der Waals surface area contributed by atoms with Gasteiger partial charge in [-0.15, -0.1) is 0 Å². The second-order valence-electron chi connectivity index (χ2n) is 4.91. The molecule has 0 aromatic heterocycles. The molecule has 1 saturated carbocycles. The van der Waals surface area contributed by atoms with E-state index in [4.69, 9.17) is 5.11 Å². The molecule has 13 heavy (non-hydrogen) atoms. The van der Waals surface area contributed by atoms with Crippen LogP contribution in [0.25, 0.3) is 0 Å². The van der Waals surface area contributed by atoms with Gasteiger partial charge in [0.15, 0.2) is 0 Å². The summed E-state index contributed by atoms with van der Waals surface area (Å²) in [7, 11) is 0. The molecule has 0 bridgehead atoms. The zero-order valence-electron chi connectivity index (χ0n) is 9.14. The average molecular weight is 182 g/mol. The smallest absolute Gasteiger partial charge is 0.0615 e. The first kappa shape index (κ1) is 10.8. The number of hydrogen-bond donors (Lipinski definition) is 1. The summed E-state index contributed by atoms with van der Waals surface area (Å²) in [5.74, 6) is 0.768. The molecule has 1 aliphatic rings. The highest BCUT2D eigenvalue weighted by Crippen LogP contribution is 2.52. The van der Waals surface area contributed by atoms with E-state index in [2.05, 4.69) is 20.8 Å². The molecular weight excluding hydrogens is 160 g/mol. The van der Waals surface area contributed by atoms with Crippen molar-refractivity contribution in [3.05, 3.63) is 11.6 Å². The van der Waals surface area contributed by atoms with Crippen LogP contribution in [-0.2, 0) is 0 Å². The van der Waals surface area contributed by atoms with Gasteiger partial charge in [0.2, 0.25) is 0 Å². The molecule has 0 aliphatic heterocycles. The molecule has 0 aromatic carbocycles. The zero-order chi connectivity index (χ0) is 9.90. The summed E-state index contributed by atoms with van der Waals surface area (Å²) in [4.78, 5) is 0. The average Bonchev–Trinajstić information content (AvgIpc) is 2.78. The molecule has 0 amide bonds. The molecule has 1 heteroatoms. The largest absolute Gasteiger partial charge is 0.392 e. The topological polar surface area (TPSA) is 20.2 Å². The number of hydrogen-bond acceptors (Lipinski definition) is 1. The number of rotatable bonds is 5. The normalized spacial score (nSPS) is 20.8. The van der Waals surface area contributed by atoms with Gasteiger partial charge in [-0.3, -0.25) is 0 Å². The molecule has 0 radical (unpaired) electrons. The molecule has 1 aliphatic carbocycles. The van der Waals surface area contributed by atoms with Gasteiger partial charge in [0.05, 0.1) is 6.61 Å². The summed E-state index contributed by atoms with van der Waals surface area (Å²) < 4.78 is 0. The van der Waals surface area contributed by atoms with Crippen molar-refractivity contribution >= 4 is 0 Å². The molecule has 1 nitrogen and oxygen atoms in total. The predicted octanol–water partition coefficient (Wildman–Crippen LogP) is 3.14. The molecule has 0 atom stereocenters. The molecule has 0 spiro atoms. The molecule has 1 N–H and O–H groups in total. The highest BCUT2D eigenvalue weighted by Gasteiger charge is 2.40. The van der Waals surface area contributed by atoms with Crippen LogP contribution in [0.15, 0.2) is 11.6 Å². The lowest BCUT2D eigenvalue weighted by molar-refractivity contribution is 0.339. The van der Waals surface area contributed by atoms with Crippen molar-refractivity contribution in [2.45, 2.75) is 46.5 Å². The molecule has 1 rings (SSSR count). The molecule has 0 saturated heterocycles. The molecule has 0 unspecified atom stereocenters. The van der Waals surface area contributed by atoms with Gasteiger partial charge in [-0.05, 0) is 37.0 Å². The van der Waals surface area contributed by atoms with Gasteiger partial charge < -0.3 is 5.11 Å². The van der Waals surface area contributed by atoms with Crippen molar-refractivity contribution in [2.24, 2.45) is 11.3 Å². The van der Waals surface area contributed by atoms with E-state index in [0.29, 0.717) is 5.41 Å². The standard InChI is InChI=1S/C12H22O/c1-10(2)4-5-11(6-9-13)12(3)7-8-12/h6,10,13H,4-5,7-9H2,1-3H3/b11-6+. The van der Waals surface area contributed by atoms with Crippen LogP contribution in [0.4, 0.5) is 0 Å². The third-order valence-electron chi connectivity index (χ3n) is 3.10. The molecular formula is C12H22O. The van der Waals surface area contributed by atoms with Crippen LogP contribution < -0.4 is 0 Å². The second kappa shape index (κ2) is 4.28. The van der Waals surface area contributed by atoms with E-state index in [1.165, 1.54) is 31.3 Å². The van der Waals surface area contributed by atoms with Gasteiger partial charge in [-0.1, -0.05) is 32.4 Å². The Kier molecular flexibility index (Phi) is 3.55. The van der Waals surface area contributed by atoms with Gasteiger partial charge >= 0.3 is 0 Å². The fraction of sp³-hybridized carbons (Fsp3) is 0.833. The van der Waals surface area contributed by atoms with Crippen LogP contribution >= 0.6 is 0 Å². The lowest BCUT2D eigenvalue weighted by Gasteiger charge is -2.15. The fourth-order valence-corrected chi connectivity index (χ4v) is 1.71. The Morgan fingerprint density at radius 1 is 1.46 bits per heavy atom. The summed E-state index contributed by atoms with van der Waals surface area (Å²) in [6.45, 7) is 7.04. The highest BCUT2D eigenvalue weighted by molar-refractivity contribution is 5.20. The number of allylic oxidation sites excluding steroid dienone is 1. The maximum Gasteiger partial charge on any atom is 0.0615 e. The van der Waals surface area contributed by atoms with E-state index < -0.39 is 0 Å². The Morgan fingerprint density at radius 2 is 2.08 bits per heavy atom. The van der Waals surface area contributed by atoms with Gasteiger partial charge in [-0.2, -0.15) is 0 Å². The molecule has 0 aromatic rings. The van der Waals surface area contributed by atoms with E-state index in [1.807, 2.05) is 6.08 Å². The van der Waals surface area contributed by atoms with Crippen molar-refractivity contribution in [3.63, 3.8) is 0 Å². The van der Waals surface area contributed by atoms with E-state index in [0.717, 1.165) is 5.92 Å². The maximum absolute atomic E-state index is 8.92. The van der Waals surface area contributed by atoms with Gasteiger partial charge in [0.25, 0.3) is 0 Å². The van der Waals surface area contributed by atoms with Crippen LogP contribution in [-0.4, -0.2) is 11.7 Å². The SMILES string of the molecule is CC(C)CC/C(=C\CO)C1(C)CC1. The van der Waals surface area contributed by atoms with Crippen LogP contribution in [0, 0.1) is 11.3 Å².